The minimum Gasteiger partial charge on any atom is -0.349 e. The van der Waals surface area contributed by atoms with Crippen molar-refractivity contribution in [3.05, 3.63) is 58.7 Å². The van der Waals surface area contributed by atoms with E-state index in [-0.39, 0.29) is 24.1 Å². The van der Waals surface area contributed by atoms with Crippen LogP contribution in [0.5, 0.6) is 0 Å². The number of H-pyrrole nitrogens is 2. The minimum absolute atomic E-state index is 0.0475. The second kappa shape index (κ2) is 14.5. The van der Waals surface area contributed by atoms with Crippen LogP contribution in [0.3, 0.4) is 0 Å². The van der Waals surface area contributed by atoms with Gasteiger partial charge in [0.25, 0.3) is 0 Å². The summed E-state index contributed by atoms with van der Waals surface area (Å²) in [6.07, 6.45) is 3.93. The number of aromatic nitrogens is 2. The van der Waals surface area contributed by atoms with Crippen molar-refractivity contribution in [2.45, 2.75) is 99.4 Å². The Morgan fingerprint density at radius 2 is 1.10 bits per heavy atom. The zero-order valence-electron chi connectivity index (χ0n) is 31.4. The molecule has 4 aromatic rings. The van der Waals surface area contributed by atoms with Gasteiger partial charge in [0.2, 0.25) is 0 Å². The number of likely N-dealkylation sites (N-methyl/N-ethyl adjacent to an activating group) is 2. The van der Waals surface area contributed by atoms with Crippen molar-refractivity contribution >= 4 is 55.5 Å². The Morgan fingerprint density at radius 1 is 0.692 bits per heavy atom. The summed E-state index contributed by atoms with van der Waals surface area (Å²) in [7, 11) is 8.17. The van der Waals surface area contributed by atoms with Gasteiger partial charge in [0.15, 0.2) is 0 Å². The normalized spacial score (nSPS) is 25.5. The number of benzene rings is 2. The molecular weight excluding hydrogens is 689 g/mol. The molecule has 2 unspecified atom stereocenters. The molecular formula is C40H54N8O2S2. The molecule has 4 N–H and O–H groups in total. The third-order valence-corrected chi connectivity index (χ3v) is 15.0. The molecule has 12 heteroatoms. The number of fused-ring (bicyclic) bond motifs is 4. The minimum atomic E-state index is 0.0475. The summed E-state index contributed by atoms with van der Waals surface area (Å²) in [6.45, 7) is 12.8. The Labute approximate surface area is 315 Å². The van der Waals surface area contributed by atoms with Gasteiger partial charge in [-0.15, -0.1) is 0 Å². The fraction of sp³-hybridized carbons (Fsp3) is 0.550. The van der Waals surface area contributed by atoms with Gasteiger partial charge in [-0.1, -0.05) is 24.3 Å². The van der Waals surface area contributed by atoms with Gasteiger partial charge in [0.1, 0.15) is 0 Å². The molecule has 4 heterocycles. The highest BCUT2D eigenvalue weighted by Crippen LogP contribution is 2.51. The maximum absolute atomic E-state index is 13.0. The molecule has 8 rings (SSSR count). The number of likely N-dealkylation sites (tertiary alicyclic amines) is 2. The smallest absolute Gasteiger partial charge is 0.317 e. The number of aromatic amines is 2. The molecule has 0 radical (unpaired) electrons. The molecule has 10 nitrogen and oxygen atoms in total. The maximum atomic E-state index is 13.0. The summed E-state index contributed by atoms with van der Waals surface area (Å²) in [5.74, 6) is 0.751. The Morgan fingerprint density at radius 3 is 1.48 bits per heavy atom. The molecule has 2 saturated heterocycles. The van der Waals surface area contributed by atoms with E-state index in [1.165, 1.54) is 54.1 Å². The highest BCUT2D eigenvalue weighted by molar-refractivity contribution is 8.76. The van der Waals surface area contributed by atoms with Crippen molar-refractivity contribution in [3.8, 4) is 0 Å². The molecule has 278 valence electrons. The number of urea groups is 2. The first kappa shape index (κ1) is 35.7. The number of carbonyl (C=O) groups is 2. The van der Waals surface area contributed by atoms with Gasteiger partial charge < -0.3 is 40.2 Å². The van der Waals surface area contributed by atoms with Crippen LogP contribution in [-0.2, 0) is 12.8 Å². The number of carbonyl (C=O) groups excluding carboxylic acids is 2. The third-order valence-electron chi connectivity index (χ3n) is 12.6. The summed E-state index contributed by atoms with van der Waals surface area (Å²) in [6, 6.07) is 14.6. The standard InChI is InChI=1S/C40H54N8O2S2/c1-7-47(8-2)39(49)41-23-17-27-25-13-11-15-31-35(25)29(19-33(27)45(5)21-23)37(43-31)51-52-38-30-20-34-28(26-14-12-16-32(44-38)36(26)30)18-24(22-46(34)6)42-40(50)48(9-3)10-4/h11-16,23-24,27-28,33-34,43-44H,7-10,17-22H2,1-6H3,(H,41,49)(H,42,50)/t23-,24+,27?,28?,33-,34-/m1/s1. The van der Waals surface area contributed by atoms with Crippen LogP contribution in [0.2, 0.25) is 0 Å². The first-order valence-corrected chi connectivity index (χ1v) is 21.5. The lowest BCUT2D eigenvalue weighted by atomic mass is 9.74. The molecule has 52 heavy (non-hydrogen) atoms. The van der Waals surface area contributed by atoms with Crippen LogP contribution in [0.4, 0.5) is 9.59 Å². The van der Waals surface area contributed by atoms with E-state index in [9.17, 15) is 9.59 Å². The van der Waals surface area contributed by atoms with Gasteiger partial charge in [0, 0.05) is 97.1 Å². The van der Waals surface area contributed by atoms with Gasteiger partial charge in [-0.3, -0.25) is 0 Å². The fourth-order valence-corrected chi connectivity index (χ4v) is 12.4. The summed E-state index contributed by atoms with van der Waals surface area (Å²) in [4.78, 5) is 42.4. The number of nitrogens with zero attached hydrogens (tertiary/aromatic N) is 4. The topological polar surface area (TPSA) is 103 Å². The average Bonchev–Trinajstić information content (AvgIpc) is 3.68. The van der Waals surface area contributed by atoms with Gasteiger partial charge in [0.05, 0.1) is 10.1 Å². The Bertz CT molecular complexity index is 1830. The summed E-state index contributed by atoms with van der Waals surface area (Å²) in [5, 5.41) is 12.0. The van der Waals surface area contributed by atoms with E-state index in [0.29, 0.717) is 23.9 Å². The van der Waals surface area contributed by atoms with Crippen molar-refractivity contribution in [2.24, 2.45) is 0 Å². The van der Waals surface area contributed by atoms with Crippen molar-refractivity contribution in [2.75, 3.05) is 53.4 Å². The van der Waals surface area contributed by atoms with Crippen LogP contribution in [0.1, 0.15) is 74.6 Å². The largest absolute Gasteiger partial charge is 0.349 e. The van der Waals surface area contributed by atoms with E-state index < -0.39 is 0 Å². The molecule has 4 aliphatic rings. The van der Waals surface area contributed by atoms with E-state index >= 15 is 0 Å². The lowest BCUT2D eigenvalue weighted by Gasteiger charge is -2.46. The Hall–Kier alpha value is -3.32. The van der Waals surface area contributed by atoms with Crippen molar-refractivity contribution in [1.29, 1.82) is 0 Å². The summed E-state index contributed by atoms with van der Waals surface area (Å²) >= 11 is 0. The lowest BCUT2D eigenvalue weighted by Crippen LogP contribution is -2.56. The zero-order chi connectivity index (χ0) is 36.3. The van der Waals surface area contributed by atoms with E-state index in [1.807, 2.05) is 59.1 Å². The second-order valence-corrected chi connectivity index (χ2v) is 17.5. The summed E-state index contributed by atoms with van der Waals surface area (Å²) < 4.78 is 0. The van der Waals surface area contributed by atoms with E-state index in [0.717, 1.165) is 65.0 Å². The van der Waals surface area contributed by atoms with E-state index in [1.54, 1.807) is 0 Å². The monoisotopic (exact) mass is 742 g/mol. The molecule has 2 fully saturated rings. The number of nitrogens with one attached hydrogen (secondary N) is 4. The predicted octanol–water partition coefficient (Wildman–Crippen LogP) is 6.98. The average molecular weight is 743 g/mol. The first-order chi connectivity index (χ1) is 25.2. The van der Waals surface area contributed by atoms with Gasteiger partial charge in [-0.2, -0.15) is 0 Å². The van der Waals surface area contributed by atoms with Crippen LogP contribution in [0, 0.1) is 0 Å². The molecule has 0 saturated carbocycles. The highest BCUT2D eigenvalue weighted by Gasteiger charge is 2.43. The van der Waals surface area contributed by atoms with Crippen LogP contribution in [0.15, 0.2) is 46.5 Å². The molecule has 2 aliphatic carbocycles. The third kappa shape index (κ3) is 6.17. The number of amides is 4. The Balaban J connectivity index is 1.04. The van der Waals surface area contributed by atoms with Crippen molar-refractivity contribution < 1.29 is 9.59 Å². The van der Waals surface area contributed by atoms with Crippen molar-refractivity contribution in [1.82, 2.24) is 40.2 Å². The molecule has 0 bridgehead atoms. The Kier molecular flexibility index (Phi) is 9.95. The fourth-order valence-electron chi connectivity index (χ4n) is 9.98. The number of rotatable bonds is 9. The van der Waals surface area contributed by atoms with Gasteiger partial charge >= 0.3 is 12.1 Å². The van der Waals surface area contributed by atoms with Crippen LogP contribution in [-0.4, -0.2) is 119 Å². The first-order valence-electron chi connectivity index (χ1n) is 19.3. The SMILES string of the molecule is CCN(CC)C(=O)N[C@@H]1CC2c3cccc4[nH]c(SSc5[nH]c6cccc7c6c5C[C@@H]5C7C[C@H](NC(=O)N(CC)CC)CN5C)c(c34)C[C@H]2N(C)C1. The molecule has 2 aromatic heterocycles. The predicted molar refractivity (Wildman–Crippen MR) is 214 cm³/mol. The van der Waals surface area contributed by atoms with Crippen molar-refractivity contribution in [3.63, 3.8) is 0 Å². The van der Waals surface area contributed by atoms with Gasteiger partial charge in [-0.25, -0.2) is 9.59 Å². The van der Waals surface area contributed by atoms with Crippen LogP contribution in [0.25, 0.3) is 21.8 Å². The molecule has 2 aliphatic heterocycles. The number of hydrogen-bond acceptors (Lipinski definition) is 6. The summed E-state index contributed by atoms with van der Waals surface area (Å²) in [5.41, 5.74) is 8.10. The van der Waals surface area contributed by atoms with Gasteiger partial charge in [-0.05, 0) is 123 Å². The molecule has 0 spiro atoms. The number of hydrogen-bond donors (Lipinski definition) is 4. The number of piperidine rings is 2. The van der Waals surface area contributed by atoms with Crippen LogP contribution < -0.4 is 10.6 Å². The second-order valence-electron chi connectivity index (χ2n) is 15.3. The molecule has 4 amide bonds. The maximum Gasteiger partial charge on any atom is 0.317 e. The van der Waals surface area contributed by atoms with Crippen LogP contribution >= 0.6 is 21.6 Å². The lowest BCUT2D eigenvalue weighted by molar-refractivity contribution is 0.123. The van der Waals surface area contributed by atoms with E-state index in [4.69, 9.17) is 0 Å². The molecule has 2 aromatic carbocycles. The zero-order valence-corrected chi connectivity index (χ0v) is 33.1. The molecule has 6 atom stereocenters. The highest BCUT2D eigenvalue weighted by atomic mass is 33.1. The van der Waals surface area contributed by atoms with E-state index in [2.05, 4.69) is 80.9 Å². The quantitative estimate of drug-likeness (QED) is 0.138.